The third kappa shape index (κ3) is 3.41. The molecule has 2 heterocycles. The summed E-state index contributed by atoms with van der Waals surface area (Å²) >= 11 is 1.56. The first-order chi connectivity index (χ1) is 15.0. The molecule has 6 heteroatoms. The van der Waals surface area contributed by atoms with E-state index >= 15 is 0 Å². The van der Waals surface area contributed by atoms with Gasteiger partial charge in [0.05, 0.1) is 5.92 Å². The van der Waals surface area contributed by atoms with Crippen LogP contribution >= 0.6 is 11.3 Å². The van der Waals surface area contributed by atoms with Crippen molar-refractivity contribution in [2.45, 2.75) is 18.8 Å². The molecule has 5 rings (SSSR count). The number of ether oxygens (including phenoxy) is 1. The lowest BCUT2D eigenvalue weighted by atomic mass is 9.93. The van der Waals surface area contributed by atoms with Crippen molar-refractivity contribution < 1.29 is 19.4 Å². The third-order valence-corrected chi connectivity index (χ3v) is 7.62. The average molecular weight is 434 g/mol. The van der Waals surface area contributed by atoms with Crippen LogP contribution < -0.4 is 0 Å². The lowest BCUT2D eigenvalue weighted by Crippen LogP contribution is -2.31. The zero-order valence-electron chi connectivity index (χ0n) is 17.2. The third-order valence-electron chi connectivity index (χ3n) is 6.47. The normalized spacial score (nSPS) is 19.8. The summed E-state index contributed by atoms with van der Waals surface area (Å²) in [6, 6.07) is 18.4. The van der Waals surface area contributed by atoms with Gasteiger partial charge in [0, 0.05) is 29.8 Å². The fraction of sp³-hybridized carbons (Fsp3) is 0.280. The number of aliphatic carboxylic acids is 1. The van der Waals surface area contributed by atoms with Gasteiger partial charge in [-0.2, -0.15) is 0 Å². The molecule has 1 aliphatic heterocycles. The Labute approximate surface area is 184 Å². The van der Waals surface area contributed by atoms with Crippen LogP contribution in [0.15, 0.2) is 60.0 Å². The summed E-state index contributed by atoms with van der Waals surface area (Å²) in [6.07, 6.45) is -0.440. The van der Waals surface area contributed by atoms with Gasteiger partial charge in [-0.05, 0) is 46.2 Å². The monoisotopic (exact) mass is 433 g/mol. The first kappa shape index (κ1) is 19.8. The maximum atomic E-state index is 12.9. The van der Waals surface area contributed by atoms with Gasteiger partial charge in [0.1, 0.15) is 6.61 Å². The van der Waals surface area contributed by atoms with Gasteiger partial charge in [-0.3, -0.25) is 4.79 Å². The number of hydrogen-bond donors (Lipinski definition) is 1. The number of hydrogen-bond acceptors (Lipinski definition) is 4. The second-order valence-corrected chi connectivity index (χ2v) is 9.18. The van der Waals surface area contributed by atoms with Crippen molar-refractivity contribution in [2.24, 2.45) is 5.92 Å². The Bertz CT molecular complexity index is 1110. The van der Waals surface area contributed by atoms with Crippen molar-refractivity contribution in [1.82, 2.24) is 4.90 Å². The van der Waals surface area contributed by atoms with Crippen LogP contribution in [-0.2, 0) is 9.53 Å². The highest BCUT2D eigenvalue weighted by Crippen LogP contribution is 2.44. The standard InChI is InChI=1S/C25H23NO4S/c1-15-10-11-31-23(15)20-12-26(13-21(20)24(27)28)25(29)30-14-22-18-8-4-2-6-16(18)17-7-3-5-9-19(17)22/h2-11,20-22H,12-14H2,1H3,(H,27,28). The quantitative estimate of drug-likeness (QED) is 0.621. The molecule has 158 valence electrons. The van der Waals surface area contributed by atoms with Crippen LogP contribution in [0.4, 0.5) is 4.79 Å². The topological polar surface area (TPSA) is 66.8 Å². The first-order valence-corrected chi connectivity index (χ1v) is 11.3. The van der Waals surface area contributed by atoms with Gasteiger partial charge >= 0.3 is 12.1 Å². The van der Waals surface area contributed by atoms with Crippen molar-refractivity contribution in [3.63, 3.8) is 0 Å². The van der Waals surface area contributed by atoms with Gasteiger partial charge < -0.3 is 14.7 Å². The van der Waals surface area contributed by atoms with Gasteiger partial charge in [-0.15, -0.1) is 11.3 Å². The van der Waals surface area contributed by atoms with Crippen LogP contribution in [0.2, 0.25) is 0 Å². The van der Waals surface area contributed by atoms with Gasteiger partial charge in [0.2, 0.25) is 0 Å². The summed E-state index contributed by atoms with van der Waals surface area (Å²) in [4.78, 5) is 27.4. The van der Waals surface area contributed by atoms with Gasteiger partial charge in [0.25, 0.3) is 0 Å². The summed E-state index contributed by atoms with van der Waals surface area (Å²) in [5.74, 6) is -1.69. The minimum atomic E-state index is -0.869. The summed E-state index contributed by atoms with van der Waals surface area (Å²) in [5, 5.41) is 11.7. The summed E-state index contributed by atoms with van der Waals surface area (Å²) in [5.41, 5.74) is 5.76. The number of carbonyl (C=O) groups is 2. The lowest BCUT2D eigenvalue weighted by molar-refractivity contribution is -0.141. The number of benzene rings is 2. The molecule has 2 atom stereocenters. The van der Waals surface area contributed by atoms with E-state index in [0.29, 0.717) is 6.54 Å². The Hall–Kier alpha value is -3.12. The molecule has 0 bridgehead atoms. The Morgan fingerprint density at radius 3 is 2.26 bits per heavy atom. The van der Waals surface area contributed by atoms with Crippen LogP contribution in [0.3, 0.4) is 0 Å². The van der Waals surface area contributed by atoms with E-state index in [-0.39, 0.29) is 25.0 Å². The van der Waals surface area contributed by atoms with Crippen molar-refractivity contribution in [2.75, 3.05) is 19.7 Å². The van der Waals surface area contributed by atoms with E-state index in [1.807, 2.05) is 42.6 Å². The molecule has 2 unspecified atom stereocenters. The molecule has 1 fully saturated rings. The number of carboxylic acids is 1. The molecule has 1 N–H and O–H groups in total. The van der Waals surface area contributed by atoms with Gasteiger partial charge in [-0.25, -0.2) is 4.79 Å². The Morgan fingerprint density at radius 2 is 1.68 bits per heavy atom. The summed E-state index contributed by atoms with van der Waals surface area (Å²) in [6.45, 7) is 2.77. The molecular weight excluding hydrogens is 410 g/mol. The zero-order chi connectivity index (χ0) is 21.5. The molecule has 0 saturated carbocycles. The van der Waals surface area contributed by atoms with Crippen molar-refractivity contribution in [1.29, 1.82) is 0 Å². The number of carbonyl (C=O) groups excluding carboxylic acids is 1. The highest BCUT2D eigenvalue weighted by atomic mass is 32.1. The molecule has 1 aromatic heterocycles. The second-order valence-electron chi connectivity index (χ2n) is 8.23. The molecule has 0 spiro atoms. The van der Waals surface area contributed by atoms with Gasteiger partial charge in [0.15, 0.2) is 0 Å². The molecule has 5 nitrogen and oxygen atoms in total. The van der Waals surface area contributed by atoms with E-state index in [4.69, 9.17) is 4.74 Å². The second kappa shape index (κ2) is 7.85. The lowest BCUT2D eigenvalue weighted by Gasteiger charge is -2.19. The van der Waals surface area contributed by atoms with E-state index in [1.165, 1.54) is 11.1 Å². The van der Waals surface area contributed by atoms with Crippen molar-refractivity contribution in [3.05, 3.63) is 81.5 Å². The van der Waals surface area contributed by atoms with Crippen molar-refractivity contribution in [3.8, 4) is 11.1 Å². The molecule has 1 amide bonds. The highest BCUT2D eigenvalue weighted by Gasteiger charge is 2.42. The van der Waals surface area contributed by atoms with E-state index in [9.17, 15) is 14.7 Å². The Morgan fingerprint density at radius 1 is 1.03 bits per heavy atom. The van der Waals surface area contributed by atoms with Crippen LogP contribution in [0, 0.1) is 12.8 Å². The maximum absolute atomic E-state index is 12.9. The molecule has 1 aliphatic carbocycles. The molecule has 2 aromatic carbocycles. The smallest absolute Gasteiger partial charge is 0.409 e. The summed E-state index contributed by atoms with van der Waals surface area (Å²) in [7, 11) is 0. The Kier molecular flexibility index (Phi) is 5.02. The molecular formula is C25H23NO4S. The zero-order valence-corrected chi connectivity index (χ0v) is 18.0. The maximum Gasteiger partial charge on any atom is 0.409 e. The minimum Gasteiger partial charge on any atom is -0.481 e. The number of aryl methyl sites for hydroxylation is 1. The Balaban J connectivity index is 1.32. The van der Waals surface area contributed by atoms with E-state index in [0.717, 1.165) is 21.6 Å². The fourth-order valence-electron chi connectivity index (χ4n) is 4.92. The SMILES string of the molecule is Cc1ccsc1C1CN(C(=O)OCC2c3ccccc3-c3ccccc32)CC1C(=O)O. The number of likely N-dealkylation sites (tertiary alicyclic amines) is 1. The molecule has 31 heavy (non-hydrogen) atoms. The molecule has 3 aromatic rings. The fourth-order valence-corrected chi connectivity index (χ4v) is 6.00. The highest BCUT2D eigenvalue weighted by molar-refractivity contribution is 7.10. The minimum absolute atomic E-state index is 0.00967. The van der Waals surface area contributed by atoms with Gasteiger partial charge in [-0.1, -0.05) is 48.5 Å². The van der Waals surface area contributed by atoms with Crippen LogP contribution in [0.5, 0.6) is 0 Å². The van der Waals surface area contributed by atoms with Crippen LogP contribution in [0.25, 0.3) is 11.1 Å². The molecule has 2 aliphatic rings. The summed E-state index contributed by atoms with van der Waals surface area (Å²) < 4.78 is 5.75. The average Bonchev–Trinajstić information content (AvgIpc) is 3.47. The van der Waals surface area contributed by atoms with Crippen LogP contribution in [-0.4, -0.2) is 41.8 Å². The van der Waals surface area contributed by atoms with Crippen molar-refractivity contribution >= 4 is 23.4 Å². The molecule has 0 radical (unpaired) electrons. The number of thiophene rings is 1. The first-order valence-electron chi connectivity index (χ1n) is 10.4. The van der Waals surface area contributed by atoms with E-state index < -0.39 is 18.0 Å². The number of fused-ring (bicyclic) bond motifs is 3. The number of nitrogens with zero attached hydrogens (tertiary/aromatic N) is 1. The molecule has 1 saturated heterocycles. The predicted octanol–water partition coefficient (Wildman–Crippen LogP) is 5.11. The van der Waals surface area contributed by atoms with E-state index in [2.05, 4.69) is 24.3 Å². The number of rotatable bonds is 4. The van der Waals surface area contributed by atoms with E-state index in [1.54, 1.807) is 16.2 Å². The van der Waals surface area contributed by atoms with Crippen LogP contribution in [0.1, 0.15) is 33.4 Å². The number of carboxylic acid groups (broad SMARTS) is 1. The largest absolute Gasteiger partial charge is 0.481 e. The number of amides is 1. The predicted molar refractivity (Wildman–Crippen MR) is 120 cm³/mol.